The van der Waals surface area contributed by atoms with Crippen molar-refractivity contribution in [2.45, 2.75) is 44.4 Å². The summed E-state index contributed by atoms with van der Waals surface area (Å²) in [5.41, 5.74) is 10.9. The molecule has 0 fully saturated rings. The van der Waals surface area contributed by atoms with Crippen LogP contribution in [0.1, 0.15) is 38.8 Å². The minimum Gasteiger partial charge on any atom is -0.397 e. The number of halogens is 2. The van der Waals surface area contributed by atoms with Gasteiger partial charge >= 0.3 is 0 Å². The molecular weight excluding hydrogens is 1150 g/mol. The lowest BCUT2D eigenvalue weighted by Gasteiger charge is -2.35. The fraction of sp³-hybridized carbons (Fsp3) is 0.538. The van der Waals surface area contributed by atoms with Crippen molar-refractivity contribution >= 4 is 274 Å². The molecule has 1 aromatic carbocycles. The molecule has 0 unspecified atom stereocenters. The van der Waals surface area contributed by atoms with Gasteiger partial charge in [-0.1, -0.05) is 0 Å². The number of nitrogens with two attached hydrogens (primary N) is 2. The van der Waals surface area contributed by atoms with Gasteiger partial charge in [0.25, 0.3) is 5.92 Å². The average molecular weight is 1170 g/mol. The van der Waals surface area contributed by atoms with Gasteiger partial charge in [0.1, 0.15) is 0 Å². The zero-order chi connectivity index (χ0) is 34.3. The van der Waals surface area contributed by atoms with Gasteiger partial charge in [0.2, 0.25) is 0 Å². The summed E-state index contributed by atoms with van der Waals surface area (Å²) in [6.07, 6.45) is 0. The average Bonchev–Trinajstić information content (AvgIpc) is 3.11. The maximum Gasteiger partial charge on any atom is 0.266 e. The minimum absolute atomic E-state index is 0.366. The van der Waals surface area contributed by atoms with Crippen molar-refractivity contribution in [3.8, 4) is 0 Å². The van der Waals surface area contributed by atoms with E-state index in [1.807, 2.05) is 97.7 Å². The molecule has 0 atom stereocenters. The first kappa shape index (κ1) is 49.1. The molecule has 0 amide bonds. The highest BCUT2D eigenvalue weighted by Gasteiger charge is 2.65. The maximum absolute atomic E-state index is 14.5. The highest BCUT2D eigenvalue weighted by molar-refractivity contribution is 8.79. The number of alkyl halides is 2. The molecule has 46 heavy (non-hydrogen) atoms. The molecule has 0 saturated heterocycles. The van der Waals surface area contributed by atoms with Gasteiger partial charge in [-0.25, -0.2) is 8.78 Å². The molecule has 2 rings (SSSR count). The predicted molar refractivity (Wildman–Crippen MR) is 280 cm³/mol. The van der Waals surface area contributed by atoms with E-state index in [0.717, 1.165) is 0 Å². The number of benzene rings is 1. The van der Waals surface area contributed by atoms with E-state index in [-0.39, 0.29) is 0 Å². The van der Waals surface area contributed by atoms with Gasteiger partial charge in [0, 0.05) is 262 Å². The highest BCUT2D eigenvalue weighted by Crippen LogP contribution is 2.60. The Hall–Kier alpha value is 5.06. The molecule has 1 aromatic rings. The van der Waals surface area contributed by atoms with Crippen molar-refractivity contribution in [3.63, 3.8) is 0 Å². The van der Waals surface area contributed by atoms with Crippen molar-refractivity contribution in [2.24, 2.45) is 0 Å². The Morgan fingerprint density at radius 1 is 0.413 bits per heavy atom. The van der Waals surface area contributed by atoms with Crippen LogP contribution >= 0.6 is 0 Å². The van der Waals surface area contributed by atoms with Crippen molar-refractivity contribution in [3.05, 3.63) is 23.3 Å². The van der Waals surface area contributed by atoms with Crippen LogP contribution in [0, 0.1) is 0 Å². The van der Waals surface area contributed by atoms with Gasteiger partial charge in [-0.3, -0.25) is 0 Å². The molecule has 0 radical (unpaired) electrons. The molecule has 0 saturated carbocycles. The van der Waals surface area contributed by atoms with Gasteiger partial charge in [-0.05, 0) is 51.0 Å². The quantitative estimate of drug-likeness (QED) is 0.394. The number of hydrogen-bond acceptors (Lipinski definition) is 4. The van der Waals surface area contributed by atoms with Crippen LogP contribution in [0.2, 0.25) is 0 Å². The first-order valence-electron chi connectivity index (χ1n) is 10.3. The number of hydrogen-bond donors (Lipinski definition) is 2. The fourth-order valence-electron chi connectivity index (χ4n) is 3.07. The highest BCUT2D eigenvalue weighted by atomic mass is 33.5. The lowest BCUT2D eigenvalue weighted by molar-refractivity contribution is -0.105. The third-order valence-electron chi connectivity index (χ3n) is 4.86. The number of nitrogen functional groups attached to an aromatic ring is 2. The second kappa shape index (κ2) is 29.4. The van der Waals surface area contributed by atoms with Crippen LogP contribution in [0.4, 0.5) is 20.2 Å². The van der Waals surface area contributed by atoms with E-state index in [2.05, 4.69) is 0 Å². The lowest BCUT2D eigenvalue weighted by Crippen LogP contribution is -2.46. The van der Waals surface area contributed by atoms with Gasteiger partial charge in [-0.15, -0.1) is 0 Å². The number of rotatable bonds is 0. The zero-order valence-corrected chi connectivity index (χ0v) is 46.1. The monoisotopic (exact) mass is 1170 g/mol. The Balaban J connectivity index is 0.000000522. The van der Waals surface area contributed by atoms with Gasteiger partial charge in [-0.2, -0.15) is 0 Å². The summed E-state index contributed by atoms with van der Waals surface area (Å²) in [5.74, 6) is -2.83. The fourth-order valence-corrected chi connectivity index (χ4v) is 71.7. The molecular formula is C13H18F2N2S29. The molecule has 0 heterocycles. The Labute approximate surface area is 353 Å². The number of fused-ring (bicyclic) bond motifs is 1. The topological polar surface area (TPSA) is 52.0 Å². The minimum atomic E-state index is -2.83. The Kier molecular flexibility index (Phi) is 31.3. The molecule has 1 aliphatic carbocycles. The summed E-state index contributed by atoms with van der Waals surface area (Å²) >= 11 is 9.57. The van der Waals surface area contributed by atoms with Crippen LogP contribution in [0.3, 0.4) is 0 Å². The molecule has 268 valence electrons. The van der Waals surface area contributed by atoms with Crippen LogP contribution in [-0.4, -0.2) is 5.92 Å². The van der Waals surface area contributed by atoms with Crippen LogP contribution in [0.5, 0.6) is 0 Å². The van der Waals surface area contributed by atoms with Gasteiger partial charge in [0.15, 0.2) is 0 Å². The van der Waals surface area contributed by atoms with E-state index in [0.29, 0.717) is 22.5 Å². The first-order chi connectivity index (χ1) is 21.9. The van der Waals surface area contributed by atoms with Crippen molar-refractivity contribution < 1.29 is 8.78 Å². The van der Waals surface area contributed by atoms with Crippen molar-refractivity contribution in [1.82, 2.24) is 0 Å². The van der Waals surface area contributed by atoms with E-state index in [1.165, 1.54) is 17.8 Å². The third-order valence-corrected chi connectivity index (χ3v) is 62.6. The standard InChI is InChI=1S/C13H18F2N2.S29/c1-11(2)7-5-9(16)10(17)6-8(7)12(3,4)13(11,14)15;1-3-5-7-9-11-13-15-17-19-21-23-25-27-29-28-26-24-22-20-18-16-14-12-10-8-6-4-2/h5-6H,16-17H2,1-4H3;. The Morgan fingerprint density at radius 3 is 0.761 bits per heavy atom. The number of anilines is 2. The SMILES string of the molecule is CC1(C)c2cc(N)c(N)cc2C(C)(C)C1(F)F.S=S=S=S=S=S=S=S=S=S=S=S=S=S=S=S=S=S=S=S=S=S=S=S=S=S=S=S=S. The Morgan fingerprint density at radius 2 is 0.587 bits per heavy atom. The van der Waals surface area contributed by atoms with Crippen molar-refractivity contribution in [2.75, 3.05) is 11.5 Å². The molecule has 2 nitrogen and oxygen atoms in total. The van der Waals surface area contributed by atoms with E-state index >= 15 is 0 Å². The summed E-state index contributed by atoms with van der Waals surface area (Å²) in [5, 5.41) is 0. The summed E-state index contributed by atoms with van der Waals surface area (Å²) in [4.78, 5) is 0. The first-order valence-corrected chi connectivity index (χ1v) is 47.6. The van der Waals surface area contributed by atoms with E-state index in [1.54, 1.807) is 164 Å². The van der Waals surface area contributed by atoms with Crippen LogP contribution < -0.4 is 11.5 Å². The molecule has 33 heteroatoms. The Bertz CT molecular complexity index is 2370. The summed E-state index contributed by atoms with van der Waals surface area (Å²) in [6.45, 7) is 6.21. The maximum atomic E-state index is 14.5. The molecule has 0 spiro atoms. The van der Waals surface area contributed by atoms with Gasteiger partial charge < -0.3 is 11.5 Å². The smallest absolute Gasteiger partial charge is 0.266 e. The van der Waals surface area contributed by atoms with E-state index < -0.39 is 16.8 Å². The second-order valence-electron chi connectivity index (χ2n) is 7.69. The predicted octanol–water partition coefficient (Wildman–Crippen LogP) is 2.99. The summed E-state index contributed by atoms with van der Waals surface area (Å²) in [7, 11) is 47.3. The molecule has 4 N–H and O–H groups in total. The van der Waals surface area contributed by atoms with Crippen LogP contribution in [0.15, 0.2) is 12.1 Å². The molecule has 1 aliphatic rings. The zero-order valence-electron chi connectivity index (χ0n) is 22.4. The lowest BCUT2D eigenvalue weighted by atomic mass is 9.77. The van der Waals surface area contributed by atoms with Crippen LogP contribution in [-0.2, 0) is 273 Å². The third kappa shape index (κ3) is 19.1. The molecule has 0 aliphatic heterocycles. The largest absolute Gasteiger partial charge is 0.397 e. The molecule has 0 bridgehead atoms. The van der Waals surface area contributed by atoms with E-state index in [9.17, 15) is 8.78 Å². The molecule has 0 aromatic heterocycles. The van der Waals surface area contributed by atoms with Crippen LogP contribution in [0.25, 0.3) is 0 Å². The second-order valence-corrected chi connectivity index (χ2v) is 55.5. The summed E-state index contributed by atoms with van der Waals surface area (Å²) in [6, 6.07) is 3.18. The summed E-state index contributed by atoms with van der Waals surface area (Å²) < 4.78 is 28.9. The normalized spacial score (nSPS) is 13.4. The van der Waals surface area contributed by atoms with Gasteiger partial charge in [0.05, 0.1) is 22.2 Å². The van der Waals surface area contributed by atoms with Crippen molar-refractivity contribution in [1.29, 1.82) is 0 Å². The van der Waals surface area contributed by atoms with E-state index in [4.69, 9.17) is 33.8 Å².